The number of nitrogens with one attached hydrogen (secondary N) is 1. The number of nitrogens with zero attached hydrogens (tertiary/aromatic N) is 2. The lowest BCUT2D eigenvalue weighted by molar-refractivity contribution is 0.0752. The zero-order chi connectivity index (χ0) is 21.7. The van der Waals surface area contributed by atoms with Gasteiger partial charge in [0, 0.05) is 24.8 Å². The van der Waals surface area contributed by atoms with Gasteiger partial charge in [-0.3, -0.25) is 9.78 Å². The Morgan fingerprint density at radius 2 is 1.57 bits per heavy atom. The van der Waals surface area contributed by atoms with Crippen LogP contribution in [0.15, 0.2) is 83.9 Å². The van der Waals surface area contributed by atoms with Gasteiger partial charge in [0.05, 0.1) is 16.6 Å². The second kappa shape index (κ2) is 9.19. The molecule has 1 atom stereocenters. The first kappa shape index (κ1) is 21.7. The summed E-state index contributed by atoms with van der Waals surface area (Å²) in [6.45, 7) is 3.51. The number of rotatable bonds is 7. The molecule has 0 radical (unpaired) electrons. The van der Waals surface area contributed by atoms with Crippen molar-refractivity contribution >= 4 is 15.9 Å². The van der Waals surface area contributed by atoms with Gasteiger partial charge in [-0.1, -0.05) is 36.4 Å². The molecule has 0 aliphatic carbocycles. The first-order valence-electron chi connectivity index (χ1n) is 9.65. The van der Waals surface area contributed by atoms with Gasteiger partial charge in [0.1, 0.15) is 0 Å². The number of hydrogen-bond acceptors (Lipinski definition) is 4. The zero-order valence-corrected chi connectivity index (χ0v) is 18.0. The third-order valence-corrected chi connectivity index (χ3v) is 6.27. The maximum absolute atomic E-state index is 13.2. The molecule has 1 aromatic heterocycles. The lowest BCUT2D eigenvalue weighted by Gasteiger charge is -2.28. The van der Waals surface area contributed by atoms with Crippen molar-refractivity contribution in [2.75, 3.05) is 7.05 Å². The van der Waals surface area contributed by atoms with E-state index < -0.39 is 10.0 Å². The third kappa shape index (κ3) is 4.93. The molecule has 0 fully saturated rings. The van der Waals surface area contributed by atoms with Crippen LogP contribution in [0.2, 0.25) is 0 Å². The van der Waals surface area contributed by atoms with Crippen molar-refractivity contribution in [1.82, 2.24) is 14.6 Å². The summed E-state index contributed by atoms with van der Waals surface area (Å²) in [5.74, 6) is -0.227. The first-order chi connectivity index (χ1) is 14.3. The van der Waals surface area contributed by atoms with Crippen LogP contribution in [0.25, 0.3) is 0 Å². The van der Waals surface area contributed by atoms with Crippen LogP contribution >= 0.6 is 0 Å². The molecule has 1 N–H and O–H groups in total. The fourth-order valence-electron chi connectivity index (χ4n) is 3.24. The molecule has 0 saturated heterocycles. The maximum Gasteiger partial charge on any atom is 0.254 e. The summed E-state index contributed by atoms with van der Waals surface area (Å²) in [4.78, 5) is 19.4. The Morgan fingerprint density at radius 1 is 0.933 bits per heavy atom. The van der Waals surface area contributed by atoms with Crippen molar-refractivity contribution < 1.29 is 13.2 Å². The average Bonchev–Trinajstić information content (AvgIpc) is 2.74. The van der Waals surface area contributed by atoms with Gasteiger partial charge in [0.25, 0.3) is 5.91 Å². The molecule has 3 aromatic rings. The van der Waals surface area contributed by atoms with E-state index in [0.29, 0.717) is 5.56 Å². The minimum atomic E-state index is -3.61. The summed E-state index contributed by atoms with van der Waals surface area (Å²) in [7, 11) is -1.89. The van der Waals surface area contributed by atoms with Crippen molar-refractivity contribution in [3.8, 4) is 0 Å². The normalized spacial score (nSPS) is 12.5. The van der Waals surface area contributed by atoms with Crippen LogP contribution in [0, 0.1) is 0 Å². The fraction of sp³-hybridized carbons (Fsp3) is 0.217. The number of amides is 1. The average molecular weight is 424 g/mol. The number of sulfonamides is 1. The van der Waals surface area contributed by atoms with Crippen LogP contribution in [0.1, 0.15) is 41.5 Å². The Kier molecular flexibility index (Phi) is 6.64. The van der Waals surface area contributed by atoms with Crippen molar-refractivity contribution in [2.45, 2.75) is 30.8 Å². The standard InChI is InChI=1S/C23H25N3O3S/c1-17(2)25-30(28,29)20-14-12-19(13-15-20)23(27)26(3)22(18-9-5-4-6-10-18)21-11-7-8-16-24-21/h4-17,22,25H,1-3H3. The Hall–Kier alpha value is -3.03. The van der Waals surface area contributed by atoms with Gasteiger partial charge in [-0.15, -0.1) is 0 Å². The molecule has 3 rings (SSSR count). The number of carbonyl (C=O) groups is 1. The molecule has 6 nitrogen and oxygen atoms in total. The highest BCUT2D eigenvalue weighted by Gasteiger charge is 2.26. The summed E-state index contributed by atoms with van der Waals surface area (Å²) >= 11 is 0. The first-order valence-corrected chi connectivity index (χ1v) is 11.1. The van der Waals surface area contributed by atoms with E-state index in [0.717, 1.165) is 11.3 Å². The van der Waals surface area contributed by atoms with Crippen molar-refractivity contribution in [3.63, 3.8) is 0 Å². The van der Waals surface area contributed by atoms with E-state index in [1.807, 2.05) is 48.5 Å². The SMILES string of the molecule is CC(C)NS(=O)(=O)c1ccc(C(=O)N(C)C(c2ccccc2)c2ccccn2)cc1. The van der Waals surface area contributed by atoms with Crippen LogP contribution in [-0.4, -0.2) is 37.3 Å². The van der Waals surface area contributed by atoms with Gasteiger partial charge in [0.2, 0.25) is 10.0 Å². The fourth-order valence-corrected chi connectivity index (χ4v) is 4.49. The number of pyridine rings is 1. The maximum atomic E-state index is 13.2. The van der Waals surface area contributed by atoms with Gasteiger partial charge < -0.3 is 4.90 Å². The van der Waals surface area contributed by atoms with Gasteiger partial charge in [-0.2, -0.15) is 0 Å². The van der Waals surface area contributed by atoms with Crippen LogP contribution in [0.3, 0.4) is 0 Å². The molecule has 0 spiro atoms. The summed E-state index contributed by atoms with van der Waals surface area (Å²) in [6.07, 6.45) is 1.70. The Bertz CT molecular complexity index is 1040. The Balaban J connectivity index is 1.91. The molecule has 1 amide bonds. The second-order valence-electron chi connectivity index (χ2n) is 7.28. The summed E-state index contributed by atoms with van der Waals surface area (Å²) < 4.78 is 27.2. The highest BCUT2D eigenvalue weighted by Crippen LogP contribution is 2.27. The van der Waals surface area contributed by atoms with E-state index in [4.69, 9.17) is 0 Å². The molecule has 30 heavy (non-hydrogen) atoms. The molecular weight excluding hydrogens is 398 g/mol. The quantitative estimate of drug-likeness (QED) is 0.629. The molecule has 1 unspecified atom stereocenters. The topological polar surface area (TPSA) is 79.4 Å². The highest BCUT2D eigenvalue weighted by atomic mass is 32.2. The lowest BCUT2D eigenvalue weighted by Crippen LogP contribution is -2.32. The van der Waals surface area contributed by atoms with Crippen molar-refractivity contribution in [3.05, 3.63) is 95.8 Å². The van der Waals surface area contributed by atoms with Crippen molar-refractivity contribution in [2.24, 2.45) is 0 Å². The summed E-state index contributed by atoms with van der Waals surface area (Å²) in [6, 6.07) is 20.7. The highest BCUT2D eigenvalue weighted by molar-refractivity contribution is 7.89. The van der Waals surface area contributed by atoms with E-state index in [1.165, 1.54) is 24.3 Å². The minimum absolute atomic E-state index is 0.125. The molecule has 7 heteroatoms. The number of benzene rings is 2. The van der Waals surface area contributed by atoms with E-state index in [9.17, 15) is 13.2 Å². The Morgan fingerprint density at radius 3 is 2.13 bits per heavy atom. The number of hydrogen-bond donors (Lipinski definition) is 1. The monoisotopic (exact) mass is 423 g/mol. The smallest absolute Gasteiger partial charge is 0.254 e. The van der Waals surface area contributed by atoms with Crippen LogP contribution in [0.5, 0.6) is 0 Å². The molecule has 0 aliphatic heterocycles. The summed E-state index contributed by atoms with van der Waals surface area (Å²) in [5.41, 5.74) is 2.09. The molecule has 0 bridgehead atoms. The molecule has 1 heterocycles. The van der Waals surface area contributed by atoms with Gasteiger partial charge >= 0.3 is 0 Å². The number of carbonyl (C=O) groups excluding carboxylic acids is 1. The summed E-state index contributed by atoms with van der Waals surface area (Å²) in [5, 5.41) is 0. The van der Waals surface area contributed by atoms with Gasteiger partial charge in [0.15, 0.2) is 0 Å². The second-order valence-corrected chi connectivity index (χ2v) is 9.00. The van der Waals surface area contributed by atoms with Crippen LogP contribution < -0.4 is 4.72 Å². The number of aromatic nitrogens is 1. The predicted octanol–water partition coefficient (Wildman–Crippen LogP) is 3.63. The zero-order valence-electron chi connectivity index (χ0n) is 17.2. The molecule has 156 valence electrons. The van der Waals surface area contributed by atoms with E-state index in [1.54, 1.807) is 32.0 Å². The molecular formula is C23H25N3O3S. The molecule has 0 saturated carbocycles. The Labute approximate surface area is 177 Å². The van der Waals surface area contributed by atoms with E-state index in [2.05, 4.69) is 9.71 Å². The molecule has 0 aliphatic rings. The minimum Gasteiger partial charge on any atom is -0.329 e. The van der Waals surface area contributed by atoms with Gasteiger partial charge in [-0.05, 0) is 55.8 Å². The van der Waals surface area contributed by atoms with Crippen LogP contribution in [0.4, 0.5) is 0 Å². The largest absolute Gasteiger partial charge is 0.329 e. The van der Waals surface area contributed by atoms with E-state index in [-0.39, 0.29) is 22.9 Å². The lowest BCUT2D eigenvalue weighted by atomic mass is 10.0. The van der Waals surface area contributed by atoms with Crippen molar-refractivity contribution in [1.29, 1.82) is 0 Å². The van der Waals surface area contributed by atoms with Gasteiger partial charge in [-0.25, -0.2) is 13.1 Å². The predicted molar refractivity (Wildman–Crippen MR) is 117 cm³/mol. The van der Waals surface area contributed by atoms with Crippen LogP contribution in [-0.2, 0) is 10.0 Å². The van der Waals surface area contributed by atoms with E-state index >= 15 is 0 Å². The third-order valence-electron chi connectivity index (χ3n) is 4.59. The molecule has 2 aromatic carbocycles.